The number of aromatic hydroxyl groups is 2. The monoisotopic (exact) mass is 220 g/mol. The Morgan fingerprint density at radius 2 is 1.47 bits per heavy atom. The molecule has 0 atom stereocenters. The molecule has 0 saturated heterocycles. The van der Waals surface area contributed by atoms with Crippen LogP contribution < -0.4 is 0 Å². The highest BCUT2D eigenvalue weighted by molar-refractivity contribution is 6.32. The second-order valence-corrected chi connectivity index (χ2v) is 3.56. The predicted octanol–water partition coefficient (Wildman–Crippen LogP) is 3.42. The molecular formula is C12H9ClO2. The summed E-state index contributed by atoms with van der Waals surface area (Å²) in [5, 5.41) is 19.6. The standard InChI is InChI=1S/C12H9ClO2/c13-10-6-3-5-9(12(10)15)8-4-1-2-7-11(8)14/h1-7,14-15H. The number of hydrogen-bond acceptors (Lipinski definition) is 2. The van der Waals surface area contributed by atoms with Gasteiger partial charge in [-0.05, 0) is 12.1 Å². The number of rotatable bonds is 1. The van der Waals surface area contributed by atoms with E-state index in [4.69, 9.17) is 11.6 Å². The van der Waals surface area contributed by atoms with Gasteiger partial charge in [-0.2, -0.15) is 0 Å². The zero-order valence-electron chi connectivity index (χ0n) is 7.81. The molecule has 0 aliphatic carbocycles. The van der Waals surface area contributed by atoms with Crippen LogP contribution in [0.15, 0.2) is 42.5 Å². The molecule has 2 N–H and O–H groups in total. The fourth-order valence-electron chi connectivity index (χ4n) is 1.43. The second kappa shape index (κ2) is 3.83. The second-order valence-electron chi connectivity index (χ2n) is 3.15. The average molecular weight is 221 g/mol. The smallest absolute Gasteiger partial charge is 0.142 e. The van der Waals surface area contributed by atoms with Crippen LogP contribution in [0, 0.1) is 0 Å². The van der Waals surface area contributed by atoms with Gasteiger partial charge in [-0.1, -0.05) is 41.9 Å². The van der Waals surface area contributed by atoms with Crippen molar-refractivity contribution < 1.29 is 10.2 Å². The first kappa shape index (κ1) is 9.87. The van der Waals surface area contributed by atoms with E-state index in [9.17, 15) is 10.2 Å². The first-order chi connectivity index (χ1) is 7.20. The van der Waals surface area contributed by atoms with E-state index >= 15 is 0 Å². The molecule has 0 spiro atoms. The summed E-state index contributed by atoms with van der Waals surface area (Å²) in [6.45, 7) is 0. The minimum atomic E-state index is -0.0133. The van der Waals surface area contributed by atoms with E-state index < -0.39 is 0 Å². The van der Waals surface area contributed by atoms with Gasteiger partial charge >= 0.3 is 0 Å². The van der Waals surface area contributed by atoms with Gasteiger partial charge in [0.15, 0.2) is 0 Å². The Morgan fingerprint density at radius 1 is 0.800 bits per heavy atom. The van der Waals surface area contributed by atoms with Crippen LogP contribution in [-0.4, -0.2) is 10.2 Å². The number of phenols is 2. The molecule has 2 rings (SSSR count). The van der Waals surface area contributed by atoms with Crippen LogP contribution in [0.3, 0.4) is 0 Å². The summed E-state index contributed by atoms with van der Waals surface area (Å²) in [4.78, 5) is 0. The molecule has 0 fully saturated rings. The maximum atomic E-state index is 9.73. The lowest BCUT2D eigenvalue weighted by Gasteiger charge is -2.07. The van der Waals surface area contributed by atoms with Crippen molar-refractivity contribution in [2.24, 2.45) is 0 Å². The summed E-state index contributed by atoms with van der Waals surface area (Å²) in [6, 6.07) is 11.8. The largest absolute Gasteiger partial charge is 0.507 e. The molecular weight excluding hydrogens is 212 g/mol. The molecule has 0 aliphatic rings. The van der Waals surface area contributed by atoms with Gasteiger partial charge in [0.2, 0.25) is 0 Å². The van der Waals surface area contributed by atoms with Gasteiger partial charge in [-0.15, -0.1) is 0 Å². The molecule has 0 aliphatic heterocycles. The first-order valence-electron chi connectivity index (χ1n) is 4.46. The van der Waals surface area contributed by atoms with Crippen molar-refractivity contribution >= 4 is 11.6 Å². The Bertz CT molecular complexity index is 495. The van der Waals surface area contributed by atoms with Crippen LogP contribution in [0.2, 0.25) is 5.02 Å². The normalized spacial score (nSPS) is 10.2. The summed E-state index contributed by atoms with van der Waals surface area (Å²) < 4.78 is 0. The molecule has 2 aromatic carbocycles. The van der Waals surface area contributed by atoms with Gasteiger partial charge in [-0.25, -0.2) is 0 Å². The Hall–Kier alpha value is -1.67. The van der Waals surface area contributed by atoms with Crippen LogP contribution in [0.5, 0.6) is 11.5 Å². The molecule has 0 amide bonds. The van der Waals surface area contributed by atoms with E-state index in [0.717, 1.165) is 0 Å². The fourth-order valence-corrected chi connectivity index (χ4v) is 1.61. The topological polar surface area (TPSA) is 40.5 Å². The molecule has 0 aromatic heterocycles. The molecule has 3 heteroatoms. The minimum absolute atomic E-state index is 0.0133. The third-order valence-electron chi connectivity index (χ3n) is 2.18. The van der Waals surface area contributed by atoms with Crippen molar-refractivity contribution in [1.82, 2.24) is 0 Å². The lowest BCUT2D eigenvalue weighted by molar-refractivity contribution is 0.469. The Morgan fingerprint density at radius 3 is 2.20 bits per heavy atom. The maximum Gasteiger partial charge on any atom is 0.142 e. The average Bonchev–Trinajstić information content (AvgIpc) is 2.23. The van der Waals surface area contributed by atoms with E-state index in [0.29, 0.717) is 11.1 Å². The van der Waals surface area contributed by atoms with E-state index in [1.165, 1.54) is 0 Å². The highest BCUT2D eigenvalue weighted by atomic mass is 35.5. The third-order valence-corrected chi connectivity index (χ3v) is 2.49. The maximum absolute atomic E-state index is 9.73. The third kappa shape index (κ3) is 1.76. The highest BCUT2D eigenvalue weighted by Gasteiger charge is 2.10. The number of hydrogen-bond donors (Lipinski definition) is 2. The van der Waals surface area contributed by atoms with Gasteiger partial charge in [0.25, 0.3) is 0 Å². The summed E-state index contributed by atoms with van der Waals surface area (Å²) in [7, 11) is 0. The van der Waals surface area contributed by atoms with Gasteiger partial charge in [0.05, 0.1) is 5.02 Å². The summed E-state index contributed by atoms with van der Waals surface area (Å²) >= 11 is 5.78. The molecule has 76 valence electrons. The Kier molecular flexibility index (Phi) is 2.52. The summed E-state index contributed by atoms with van der Waals surface area (Å²) in [5.74, 6) is 0.107. The summed E-state index contributed by atoms with van der Waals surface area (Å²) in [6.07, 6.45) is 0. The van der Waals surface area contributed by atoms with Crippen LogP contribution >= 0.6 is 11.6 Å². The van der Waals surface area contributed by atoms with Gasteiger partial charge in [0, 0.05) is 11.1 Å². The molecule has 2 nitrogen and oxygen atoms in total. The van der Waals surface area contributed by atoms with E-state index in [2.05, 4.69) is 0 Å². The summed E-state index contributed by atoms with van der Waals surface area (Å²) in [5.41, 5.74) is 1.10. The van der Waals surface area contributed by atoms with E-state index in [-0.39, 0.29) is 16.5 Å². The van der Waals surface area contributed by atoms with Crippen molar-refractivity contribution in [3.05, 3.63) is 47.5 Å². The van der Waals surface area contributed by atoms with Crippen LogP contribution in [0.1, 0.15) is 0 Å². The lowest BCUT2D eigenvalue weighted by Crippen LogP contribution is -1.80. The first-order valence-corrected chi connectivity index (χ1v) is 4.84. The molecule has 15 heavy (non-hydrogen) atoms. The molecule has 2 aromatic rings. The quantitative estimate of drug-likeness (QED) is 0.773. The zero-order valence-corrected chi connectivity index (χ0v) is 8.57. The Balaban J connectivity index is 2.65. The van der Waals surface area contributed by atoms with Gasteiger partial charge < -0.3 is 10.2 Å². The predicted molar refractivity (Wildman–Crippen MR) is 60.2 cm³/mol. The van der Waals surface area contributed by atoms with E-state index in [1.807, 2.05) is 0 Å². The van der Waals surface area contributed by atoms with Gasteiger partial charge in [0.1, 0.15) is 11.5 Å². The SMILES string of the molecule is Oc1ccccc1-c1cccc(Cl)c1O. The minimum Gasteiger partial charge on any atom is -0.507 e. The highest BCUT2D eigenvalue weighted by Crippen LogP contribution is 2.38. The Labute approximate surface area is 92.4 Å². The molecule has 0 heterocycles. The number of halogens is 1. The number of para-hydroxylation sites is 2. The van der Waals surface area contributed by atoms with Crippen molar-refractivity contribution in [2.45, 2.75) is 0 Å². The van der Waals surface area contributed by atoms with Crippen LogP contribution in [-0.2, 0) is 0 Å². The molecule has 0 bridgehead atoms. The fraction of sp³-hybridized carbons (Fsp3) is 0. The van der Waals surface area contributed by atoms with Crippen molar-refractivity contribution in [3.63, 3.8) is 0 Å². The van der Waals surface area contributed by atoms with Crippen LogP contribution in [0.4, 0.5) is 0 Å². The number of phenolic OH excluding ortho intramolecular Hbond substituents is 2. The van der Waals surface area contributed by atoms with E-state index in [1.54, 1.807) is 42.5 Å². The van der Waals surface area contributed by atoms with Gasteiger partial charge in [-0.3, -0.25) is 0 Å². The zero-order chi connectivity index (χ0) is 10.8. The van der Waals surface area contributed by atoms with Crippen molar-refractivity contribution in [3.8, 4) is 22.6 Å². The van der Waals surface area contributed by atoms with Crippen molar-refractivity contribution in [1.29, 1.82) is 0 Å². The molecule has 0 radical (unpaired) electrons. The van der Waals surface area contributed by atoms with Crippen LogP contribution in [0.25, 0.3) is 11.1 Å². The lowest BCUT2D eigenvalue weighted by atomic mass is 10.0. The molecule has 0 unspecified atom stereocenters. The number of benzene rings is 2. The van der Waals surface area contributed by atoms with Crippen molar-refractivity contribution in [2.75, 3.05) is 0 Å². The molecule has 0 saturated carbocycles.